The van der Waals surface area contributed by atoms with E-state index in [-0.39, 0.29) is 0 Å². The number of halogens is 1. The SMILES string of the molecule is CC(C)CNCC1CCC1c1ccccc1Cl. The minimum atomic E-state index is 0.670. The highest BCUT2D eigenvalue weighted by Crippen LogP contribution is 2.44. The summed E-state index contributed by atoms with van der Waals surface area (Å²) >= 11 is 6.26. The fourth-order valence-corrected chi connectivity index (χ4v) is 2.83. The molecule has 0 bridgehead atoms. The average Bonchev–Trinajstić information content (AvgIpc) is 2.25. The van der Waals surface area contributed by atoms with E-state index in [1.165, 1.54) is 18.4 Å². The largest absolute Gasteiger partial charge is 0.316 e. The quantitative estimate of drug-likeness (QED) is 0.832. The zero-order valence-corrected chi connectivity index (χ0v) is 11.5. The minimum Gasteiger partial charge on any atom is -0.316 e. The fourth-order valence-electron chi connectivity index (χ4n) is 2.56. The molecule has 1 N–H and O–H groups in total. The number of hydrogen-bond donors (Lipinski definition) is 1. The van der Waals surface area contributed by atoms with Gasteiger partial charge in [0, 0.05) is 5.02 Å². The molecule has 0 saturated heterocycles. The zero-order valence-electron chi connectivity index (χ0n) is 10.7. The lowest BCUT2D eigenvalue weighted by Gasteiger charge is -2.38. The van der Waals surface area contributed by atoms with Gasteiger partial charge in [-0.25, -0.2) is 0 Å². The highest BCUT2D eigenvalue weighted by Gasteiger charge is 2.32. The molecular formula is C15H22ClN. The molecule has 2 atom stereocenters. The van der Waals surface area contributed by atoms with Crippen LogP contribution in [-0.2, 0) is 0 Å². The molecule has 1 aliphatic rings. The predicted octanol–water partition coefficient (Wildman–Crippen LogP) is 4.08. The van der Waals surface area contributed by atoms with Crippen molar-refractivity contribution in [1.29, 1.82) is 0 Å². The molecule has 2 unspecified atom stereocenters. The summed E-state index contributed by atoms with van der Waals surface area (Å²) in [5.41, 5.74) is 1.34. The van der Waals surface area contributed by atoms with Crippen LogP contribution < -0.4 is 5.32 Å². The van der Waals surface area contributed by atoms with Crippen LogP contribution in [0.25, 0.3) is 0 Å². The van der Waals surface area contributed by atoms with E-state index in [0.29, 0.717) is 5.92 Å². The fraction of sp³-hybridized carbons (Fsp3) is 0.600. The zero-order chi connectivity index (χ0) is 12.3. The molecule has 1 saturated carbocycles. The topological polar surface area (TPSA) is 12.0 Å². The molecule has 2 rings (SSSR count). The van der Waals surface area contributed by atoms with Crippen molar-refractivity contribution >= 4 is 11.6 Å². The molecule has 17 heavy (non-hydrogen) atoms. The van der Waals surface area contributed by atoms with Gasteiger partial charge >= 0.3 is 0 Å². The first-order valence-electron chi connectivity index (χ1n) is 6.63. The molecule has 0 aromatic heterocycles. The molecule has 0 heterocycles. The molecular weight excluding hydrogens is 230 g/mol. The maximum atomic E-state index is 6.26. The first-order valence-corrected chi connectivity index (χ1v) is 7.01. The first kappa shape index (κ1) is 12.9. The standard InChI is InChI=1S/C15H22ClN/c1-11(2)9-17-10-12-7-8-13(12)14-5-3-4-6-15(14)16/h3-6,11-13,17H,7-10H2,1-2H3. The van der Waals surface area contributed by atoms with Crippen molar-refractivity contribution in [3.63, 3.8) is 0 Å². The van der Waals surface area contributed by atoms with Crippen LogP contribution in [0.5, 0.6) is 0 Å². The van der Waals surface area contributed by atoms with E-state index in [9.17, 15) is 0 Å². The van der Waals surface area contributed by atoms with Gasteiger partial charge in [0.2, 0.25) is 0 Å². The lowest BCUT2D eigenvalue weighted by atomic mass is 9.70. The Balaban J connectivity index is 1.88. The van der Waals surface area contributed by atoms with E-state index in [4.69, 9.17) is 11.6 Å². The van der Waals surface area contributed by atoms with Crippen LogP contribution in [0.15, 0.2) is 24.3 Å². The molecule has 94 valence electrons. The van der Waals surface area contributed by atoms with E-state index in [1.54, 1.807) is 0 Å². The van der Waals surface area contributed by atoms with Crippen molar-refractivity contribution in [3.05, 3.63) is 34.9 Å². The molecule has 1 aromatic rings. The van der Waals surface area contributed by atoms with Crippen molar-refractivity contribution in [2.75, 3.05) is 13.1 Å². The molecule has 1 aromatic carbocycles. The first-order chi connectivity index (χ1) is 8.18. The molecule has 1 fully saturated rings. The number of nitrogens with one attached hydrogen (secondary N) is 1. The summed E-state index contributed by atoms with van der Waals surface area (Å²) in [6, 6.07) is 8.30. The number of benzene rings is 1. The van der Waals surface area contributed by atoms with Gasteiger partial charge in [-0.15, -0.1) is 0 Å². The Bertz CT molecular complexity index is 362. The number of hydrogen-bond acceptors (Lipinski definition) is 1. The Morgan fingerprint density at radius 1 is 1.29 bits per heavy atom. The summed E-state index contributed by atoms with van der Waals surface area (Å²) in [6.07, 6.45) is 2.62. The lowest BCUT2D eigenvalue weighted by Crippen LogP contribution is -2.35. The molecule has 1 aliphatic carbocycles. The monoisotopic (exact) mass is 251 g/mol. The third-order valence-electron chi connectivity index (χ3n) is 3.68. The maximum Gasteiger partial charge on any atom is 0.0440 e. The minimum absolute atomic E-state index is 0.670. The second kappa shape index (κ2) is 5.88. The third-order valence-corrected chi connectivity index (χ3v) is 4.03. The van der Waals surface area contributed by atoms with Crippen LogP contribution in [0, 0.1) is 11.8 Å². The van der Waals surface area contributed by atoms with E-state index in [1.807, 2.05) is 12.1 Å². The third kappa shape index (κ3) is 3.23. The molecule has 0 radical (unpaired) electrons. The Labute approximate surface area is 110 Å². The summed E-state index contributed by atoms with van der Waals surface area (Å²) in [7, 11) is 0. The van der Waals surface area contributed by atoms with Gasteiger partial charge in [0.05, 0.1) is 0 Å². The van der Waals surface area contributed by atoms with E-state index in [0.717, 1.165) is 29.9 Å². The Morgan fingerprint density at radius 2 is 2.06 bits per heavy atom. The van der Waals surface area contributed by atoms with Crippen LogP contribution in [0.3, 0.4) is 0 Å². The van der Waals surface area contributed by atoms with E-state index in [2.05, 4.69) is 31.3 Å². The van der Waals surface area contributed by atoms with E-state index < -0.39 is 0 Å². The smallest absolute Gasteiger partial charge is 0.0440 e. The van der Waals surface area contributed by atoms with Crippen LogP contribution >= 0.6 is 11.6 Å². The highest BCUT2D eigenvalue weighted by molar-refractivity contribution is 6.31. The summed E-state index contributed by atoms with van der Waals surface area (Å²) < 4.78 is 0. The van der Waals surface area contributed by atoms with Gasteiger partial charge in [0.1, 0.15) is 0 Å². The van der Waals surface area contributed by atoms with Crippen molar-refractivity contribution in [1.82, 2.24) is 5.32 Å². The van der Waals surface area contributed by atoms with Gasteiger partial charge in [-0.2, -0.15) is 0 Å². The van der Waals surface area contributed by atoms with Crippen LogP contribution in [-0.4, -0.2) is 13.1 Å². The summed E-state index contributed by atoms with van der Waals surface area (Å²) in [6.45, 7) is 6.75. The van der Waals surface area contributed by atoms with Crippen molar-refractivity contribution < 1.29 is 0 Å². The van der Waals surface area contributed by atoms with Gasteiger partial charge in [-0.1, -0.05) is 43.6 Å². The Kier molecular flexibility index (Phi) is 4.47. The average molecular weight is 252 g/mol. The second-order valence-electron chi connectivity index (χ2n) is 5.52. The lowest BCUT2D eigenvalue weighted by molar-refractivity contribution is 0.243. The second-order valence-corrected chi connectivity index (χ2v) is 5.92. The van der Waals surface area contributed by atoms with Gasteiger partial charge in [0.15, 0.2) is 0 Å². The molecule has 2 heteroatoms. The van der Waals surface area contributed by atoms with Crippen LogP contribution in [0.2, 0.25) is 5.02 Å². The normalized spacial score (nSPS) is 23.8. The molecule has 0 spiro atoms. The summed E-state index contributed by atoms with van der Waals surface area (Å²) in [5.74, 6) is 2.17. The van der Waals surface area contributed by atoms with Crippen molar-refractivity contribution in [2.24, 2.45) is 11.8 Å². The van der Waals surface area contributed by atoms with Gasteiger partial charge < -0.3 is 5.32 Å². The highest BCUT2D eigenvalue weighted by atomic mass is 35.5. The molecule has 1 nitrogen and oxygen atoms in total. The number of rotatable bonds is 5. The van der Waals surface area contributed by atoms with Crippen LogP contribution in [0.1, 0.15) is 38.2 Å². The predicted molar refractivity (Wildman–Crippen MR) is 74.6 cm³/mol. The van der Waals surface area contributed by atoms with Gasteiger partial charge in [0.25, 0.3) is 0 Å². The maximum absolute atomic E-state index is 6.26. The summed E-state index contributed by atoms with van der Waals surface area (Å²) in [4.78, 5) is 0. The van der Waals surface area contributed by atoms with Gasteiger partial charge in [-0.3, -0.25) is 0 Å². The van der Waals surface area contributed by atoms with Crippen molar-refractivity contribution in [2.45, 2.75) is 32.6 Å². The Hall–Kier alpha value is -0.530. The van der Waals surface area contributed by atoms with Crippen molar-refractivity contribution in [3.8, 4) is 0 Å². The summed E-state index contributed by atoms with van der Waals surface area (Å²) in [5, 5.41) is 4.50. The van der Waals surface area contributed by atoms with Gasteiger partial charge in [-0.05, 0) is 55.3 Å². The van der Waals surface area contributed by atoms with Crippen LogP contribution in [0.4, 0.5) is 0 Å². The van der Waals surface area contributed by atoms with E-state index >= 15 is 0 Å². The Morgan fingerprint density at radius 3 is 2.65 bits per heavy atom. The molecule has 0 aliphatic heterocycles. The molecule has 0 amide bonds.